The van der Waals surface area contributed by atoms with Gasteiger partial charge in [-0.05, 0) is 47.9 Å². The van der Waals surface area contributed by atoms with E-state index in [1.807, 2.05) is 49.4 Å². The number of nitrogens with zero attached hydrogens (tertiary/aromatic N) is 4. The van der Waals surface area contributed by atoms with Crippen LogP contribution in [0.5, 0.6) is 0 Å². The summed E-state index contributed by atoms with van der Waals surface area (Å²) in [5.41, 5.74) is 3.34. The molecule has 0 aliphatic carbocycles. The number of tetrazole rings is 1. The van der Waals surface area contributed by atoms with E-state index >= 15 is 0 Å². The van der Waals surface area contributed by atoms with E-state index in [-0.39, 0.29) is 11.7 Å². The number of rotatable bonds is 8. The molecule has 0 aliphatic heterocycles. The van der Waals surface area contributed by atoms with Gasteiger partial charge in [0, 0.05) is 6.54 Å². The molecule has 0 atom stereocenters. The van der Waals surface area contributed by atoms with Crippen molar-refractivity contribution in [2.45, 2.75) is 24.9 Å². The number of nitrogens with one attached hydrogen (secondary N) is 1. The van der Waals surface area contributed by atoms with E-state index in [4.69, 9.17) is 0 Å². The Bertz CT molecular complexity index is 833. The molecule has 0 aliphatic rings. The third-order valence-electron chi connectivity index (χ3n) is 3.86. The molecule has 0 saturated heterocycles. The minimum atomic E-state index is -0.0125. The van der Waals surface area contributed by atoms with Crippen molar-refractivity contribution in [2.75, 3.05) is 12.3 Å². The molecule has 0 unspecified atom stereocenters. The van der Waals surface area contributed by atoms with Crippen LogP contribution in [0.2, 0.25) is 0 Å². The van der Waals surface area contributed by atoms with Crippen LogP contribution in [0, 0.1) is 6.92 Å². The third-order valence-corrected chi connectivity index (χ3v) is 4.78. The predicted octanol–water partition coefficient (Wildman–Crippen LogP) is 2.81. The zero-order chi connectivity index (χ0) is 18.2. The first kappa shape index (κ1) is 18.1. The largest absolute Gasteiger partial charge is 0.355 e. The molecule has 0 bridgehead atoms. The van der Waals surface area contributed by atoms with E-state index in [2.05, 4.69) is 33.0 Å². The predicted molar refractivity (Wildman–Crippen MR) is 102 cm³/mol. The van der Waals surface area contributed by atoms with Crippen molar-refractivity contribution in [3.8, 4) is 5.69 Å². The molecule has 2 aromatic carbocycles. The topological polar surface area (TPSA) is 72.7 Å². The van der Waals surface area contributed by atoms with Crippen molar-refractivity contribution in [3.63, 3.8) is 0 Å². The molecule has 26 heavy (non-hydrogen) atoms. The van der Waals surface area contributed by atoms with Gasteiger partial charge in [-0.2, -0.15) is 4.68 Å². The summed E-state index contributed by atoms with van der Waals surface area (Å²) in [4.78, 5) is 12.0. The molecule has 0 saturated carbocycles. The smallest absolute Gasteiger partial charge is 0.230 e. The highest BCUT2D eigenvalue weighted by molar-refractivity contribution is 7.99. The number of aromatic nitrogens is 4. The van der Waals surface area contributed by atoms with Crippen molar-refractivity contribution in [3.05, 3.63) is 65.7 Å². The van der Waals surface area contributed by atoms with E-state index in [1.54, 1.807) is 4.68 Å². The van der Waals surface area contributed by atoms with E-state index < -0.39 is 0 Å². The quantitative estimate of drug-likeness (QED) is 0.490. The molecule has 0 spiro atoms. The fourth-order valence-electron chi connectivity index (χ4n) is 2.46. The maximum absolute atomic E-state index is 12.0. The Morgan fingerprint density at radius 3 is 2.65 bits per heavy atom. The van der Waals surface area contributed by atoms with Gasteiger partial charge in [0.05, 0.1) is 11.4 Å². The molecule has 7 heteroatoms. The summed E-state index contributed by atoms with van der Waals surface area (Å²) in [6, 6.07) is 18.2. The van der Waals surface area contributed by atoms with Gasteiger partial charge in [-0.3, -0.25) is 4.79 Å². The zero-order valence-electron chi connectivity index (χ0n) is 14.6. The molecule has 1 N–H and O–H groups in total. The molecular weight excluding hydrogens is 346 g/mol. The second kappa shape index (κ2) is 9.15. The maximum atomic E-state index is 12.0. The van der Waals surface area contributed by atoms with Crippen LogP contribution < -0.4 is 5.32 Å². The average Bonchev–Trinajstić information content (AvgIpc) is 3.14. The maximum Gasteiger partial charge on any atom is 0.230 e. The first-order valence-electron chi connectivity index (χ1n) is 8.51. The fraction of sp³-hybridized carbons (Fsp3) is 0.263. The zero-order valence-corrected chi connectivity index (χ0v) is 15.4. The highest BCUT2D eigenvalue weighted by Crippen LogP contribution is 2.18. The summed E-state index contributed by atoms with van der Waals surface area (Å²) in [7, 11) is 0. The number of hydrogen-bond donors (Lipinski definition) is 1. The van der Waals surface area contributed by atoms with Crippen LogP contribution in [-0.2, 0) is 11.2 Å². The van der Waals surface area contributed by atoms with Gasteiger partial charge in [0.15, 0.2) is 0 Å². The first-order valence-corrected chi connectivity index (χ1v) is 9.50. The summed E-state index contributed by atoms with van der Waals surface area (Å²) in [5, 5.41) is 15.3. The molecule has 3 rings (SSSR count). The SMILES string of the molecule is Cc1ccc(-n2nnnc2SCC(=O)NCCCc2ccccc2)cc1. The number of aryl methyl sites for hydroxylation is 2. The Hall–Kier alpha value is -2.67. The van der Waals surface area contributed by atoms with E-state index in [1.165, 1.54) is 22.9 Å². The summed E-state index contributed by atoms with van der Waals surface area (Å²) >= 11 is 1.33. The molecule has 0 fully saturated rings. The number of carbonyl (C=O) groups is 1. The number of carbonyl (C=O) groups excluding carboxylic acids is 1. The molecular formula is C19H21N5OS. The van der Waals surface area contributed by atoms with Gasteiger partial charge < -0.3 is 5.32 Å². The Kier molecular flexibility index (Phi) is 6.38. The molecule has 1 aromatic heterocycles. The molecule has 6 nitrogen and oxygen atoms in total. The monoisotopic (exact) mass is 367 g/mol. The molecule has 134 valence electrons. The lowest BCUT2D eigenvalue weighted by molar-refractivity contribution is -0.118. The Balaban J connectivity index is 1.43. The Labute approximate surface area is 157 Å². The van der Waals surface area contributed by atoms with Crippen LogP contribution in [-0.4, -0.2) is 38.4 Å². The normalized spacial score (nSPS) is 10.7. The summed E-state index contributed by atoms with van der Waals surface area (Å²) in [6.07, 6.45) is 1.88. The molecule has 1 amide bonds. The Morgan fingerprint density at radius 2 is 1.88 bits per heavy atom. The molecule has 3 aromatic rings. The van der Waals surface area contributed by atoms with E-state index in [9.17, 15) is 4.79 Å². The second-order valence-electron chi connectivity index (χ2n) is 5.94. The summed E-state index contributed by atoms with van der Waals surface area (Å²) < 4.78 is 1.65. The van der Waals surface area contributed by atoms with Crippen LogP contribution in [0.4, 0.5) is 0 Å². The van der Waals surface area contributed by atoms with Crippen LogP contribution in [0.15, 0.2) is 59.8 Å². The minimum Gasteiger partial charge on any atom is -0.355 e. The summed E-state index contributed by atoms with van der Waals surface area (Å²) in [5.74, 6) is 0.277. The second-order valence-corrected chi connectivity index (χ2v) is 6.88. The highest BCUT2D eigenvalue weighted by Gasteiger charge is 2.11. The van der Waals surface area contributed by atoms with Crippen molar-refractivity contribution in [1.29, 1.82) is 0 Å². The Morgan fingerprint density at radius 1 is 1.12 bits per heavy atom. The molecule has 1 heterocycles. The average molecular weight is 367 g/mol. The number of hydrogen-bond acceptors (Lipinski definition) is 5. The van der Waals surface area contributed by atoms with Crippen molar-refractivity contribution >= 4 is 17.7 Å². The lowest BCUT2D eigenvalue weighted by Gasteiger charge is -2.06. The van der Waals surface area contributed by atoms with E-state index in [0.29, 0.717) is 11.7 Å². The van der Waals surface area contributed by atoms with Crippen LogP contribution in [0.25, 0.3) is 5.69 Å². The highest BCUT2D eigenvalue weighted by atomic mass is 32.2. The van der Waals surface area contributed by atoms with Gasteiger partial charge in [0.1, 0.15) is 0 Å². The van der Waals surface area contributed by atoms with E-state index in [0.717, 1.165) is 18.5 Å². The fourth-order valence-corrected chi connectivity index (χ4v) is 3.18. The van der Waals surface area contributed by atoms with Gasteiger partial charge in [0.2, 0.25) is 11.1 Å². The van der Waals surface area contributed by atoms with Gasteiger partial charge in [-0.25, -0.2) is 0 Å². The third kappa shape index (κ3) is 5.16. The van der Waals surface area contributed by atoms with Crippen molar-refractivity contribution < 1.29 is 4.79 Å². The van der Waals surface area contributed by atoms with Crippen LogP contribution in [0.1, 0.15) is 17.5 Å². The number of benzene rings is 2. The first-order chi connectivity index (χ1) is 12.7. The van der Waals surface area contributed by atoms with Gasteiger partial charge >= 0.3 is 0 Å². The van der Waals surface area contributed by atoms with Gasteiger partial charge in [-0.1, -0.05) is 59.8 Å². The summed E-state index contributed by atoms with van der Waals surface area (Å²) in [6.45, 7) is 2.69. The van der Waals surface area contributed by atoms with Crippen LogP contribution in [0.3, 0.4) is 0 Å². The van der Waals surface area contributed by atoms with Crippen LogP contribution >= 0.6 is 11.8 Å². The van der Waals surface area contributed by atoms with Gasteiger partial charge in [0.25, 0.3) is 0 Å². The van der Waals surface area contributed by atoms with Crippen molar-refractivity contribution in [2.24, 2.45) is 0 Å². The minimum absolute atomic E-state index is 0.0125. The van der Waals surface area contributed by atoms with Gasteiger partial charge in [-0.15, -0.1) is 5.10 Å². The standard InChI is InChI=1S/C19H21N5OS/c1-15-9-11-17(12-10-15)24-19(21-22-23-24)26-14-18(25)20-13-5-8-16-6-3-2-4-7-16/h2-4,6-7,9-12H,5,8,13-14H2,1H3,(H,20,25). The van der Waals surface area contributed by atoms with Crippen molar-refractivity contribution in [1.82, 2.24) is 25.5 Å². The lowest BCUT2D eigenvalue weighted by Crippen LogP contribution is -2.26. The molecule has 0 radical (unpaired) electrons. The number of amides is 1. The number of thioether (sulfide) groups is 1. The lowest BCUT2D eigenvalue weighted by atomic mass is 10.1.